The van der Waals surface area contributed by atoms with E-state index in [9.17, 15) is 14.9 Å². The largest absolute Gasteiger partial charge is 0.478 e. The van der Waals surface area contributed by atoms with E-state index >= 15 is 0 Å². The number of nitro benzene ring substituents is 1. The predicted octanol–water partition coefficient (Wildman–Crippen LogP) is 4.05. The van der Waals surface area contributed by atoms with E-state index in [4.69, 9.17) is 21.4 Å². The van der Waals surface area contributed by atoms with Gasteiger partial charge in [-0.2, -0.15) is 0 Å². The Kier molecular flexibility index (Phi) is 4.09. The molecule has 0 saturated heterocycles. The maximum Gasteiger partial charge on any atom is 0.335 e. The number of benzene rings is 2. The third kappa shape index (κ3) is 3.29. The second-order valence-electron chi connectivity index (χ2n) is 4.28. The van der Waals surface area contributed by atoms with Crippen molar-refractivity contribution in [3.8, 4) is 11.5 Å². The zero-order chi connectivity index (χ0) is 15.6. The Morgan fingerprint density at radius 3 is 2.52 bits per heavy atom. The van der Waals surface area contributed by atoms with Gasteiger partial charge in [0, 0.05) is 12.1 Å². The van der Waals surface area contributed by atoms with E-state index in [0.717, 1.165) is 23.8 Å². The lowest BCUT2D eigenvalue weighted by Crippen LogP contribution is -2.00. The number of nitrogens with zero attached hydrogens (tertiary/aromatic N) is 1. The second-order valence-corrected chi connectivity index (χ2v) is 4.69. The number of hydrogen-bond acceptors (Lipinski definition) is 4. The topological polar surface area (TPSA) is 89.7 Å². The first-order valence-corrected chi connectivity index (χ1v) is 6.22. The van der Waals surface area contributed by atoms with E-state index in [1.165, 1.54) is 0 Å². The number of carbonyl (C=O) groups is 1. The van der Waals surface area contributed by atoms with E-state index < -0.39 is 10.9 Å². The molecule has 0 aromatic heterocycles. The van der Waals surface area contributed by atoms with Crippen LogP contribution in [0.2, 0.25) is 5.02 Å². The van der Waals surface area contributed by atoms with Crippen LogP contribution in [-0.4, -0.2) is 16.0 Å². The monoisotopic (exact) mass is 307 g/mol. The molecule has 6 nitrogen and oxygen atoms in total. The molecule has 0 heterocycles. The standard InChI is InChI=1S/C14H10ClNO5/c1-8-2-5-12(10(15)6-8)21-13-7-9(14(17)18)3-4-11(13)16(19)20/h2-7H,1H3,(H,17,18). The summed E-state index contributed by atoms with van der Waals surface area (Å²) in [6.07, 6.45) is 0. The molecule has 0 fully saturated rings. The summed E-state index contributed by atoms with van der Waals surface area (Å²) in [5.41, 5.74) is 0.455. The number of halogens is 1. The smallest absolute Gasteiger partial charge is 0.335 e. The summed E-state index contributed by atoms with van der Waals surface area (Å²) in [7, 11) is 0. The summed E-state index contributed by atoms with van der Waals surface area (Å²) < 4.78 is 5.41. The van der Waals surface area contributed by atoms with Gasteiger partial charge in [-0.1, -0.05) is 17.7 Å². The number of carboxylic acids is 1. The molecule has 2 aromatic rings. The molecule has 21 heavy (non-hydrogen) atoms. The molecular weight excluding hydrogens is 298 g/mol. The first-order chi connectivity index (χ1) is 9.88. The number of rotatable bonds is 4. The molecule has 0 bridgehead atoms. The van der Waals surface area contributed by atoms with Gasteiger partial charge in [0.2, 0.25) is 5.75 Å². The van der Waals surface area contributed by atoms with E-state index in [1.54, 1.807) is 18.2 Å². The van der Waals surface area contributed by atoms with Crippen molar-refractivity contribution in [1.29, 1.82) is 0 Å². The highest BCUT2D eigenvalue weighted by Crippen LogP contribution is 2.35. The minimum absolute atomic E-state index is 0.112. The predicted molar refractivity (Wildman–Crippen MR) is 76.3 cm³/mol. The number of nitro groups is 1. The Hall–Kier alpha value is -2.60. The minimum atomic E-state index is -1.20. The number of aromatic carboxylic acids is 1. The third-order valence-electron chi connectivity index (χ3n) is 2.71. The van der Waals surface area contributed by atoms with Crippen LogP contribution in [0.1, 0.15) is 15.9 Å². The summed E-state index contributed by atoms with van der Waals surface area (Å²) in [5.74, 6) is -1.16. The molecule has 0 amide bonds. The van der Waals surface area contributed by atoms with Crippen molar-refractivity contribution in [2.75, 3.05) is 0 Å². The molecule has 0 aliphatic heterocycles. The number of hydrogen-bond donors (Lipinski definition) is 1. The lowest BCUT2D eigenvalue weighted by molar-refractivity contribution is -0.385. The maximum atomic E-state index is 11.0. The van der Waals surface area contributed by atoms with Crippen molar-refractivity contribution < 1.29 is 19.6 Å². The fraction of sp³-hybridized carbons (Fsp3) is 0.0714. The van der Waals surface area contributed by atoms with Gasteiger partial charge in [-0.25, -0.2) is 4.79 Å². The molecule has 0 aliphatic carbocycles. The summed E-state index contributed by atoms with van der Waals surface area (Å²) in [6, 6.07) is 8.26. The van der Waals surface area contributed by atoms with Crippen LogP contribution < -0.4 is 4.74 Å². The minimum Gasteiger partial charge on any atom is -0.478 e. The number of ether oxygens (including phenoxy) is 1. The van der Waals surface area contributed by atoms with Gasteiger partial charge in [-0.15, -0.1) is 0 Å². The second kappa shape index (κ2) is 5.80. The van der Waals surface area contributed by atoms with E-state index in [2.05, 4.69) is 0 Å². The molecule has 0 unspecified atom stereocenters. The first-order valence-electron chi connectivity index (χ1n) is 5.84. The Labute approximate surface area is 124 Å². The summed E-state index contributed by atoms with van der Waals surface area (Å²) in [5, 5.41) is 20.2. The maximum absolute atomic E-state index is 11.0. The summed E-state index contributed by atoms with van der Waals surface area (Å²) in [6.45, 7) is 1.84. The highest BCUT2D eigenvalue weighted by molar-refractivity contribution is 6.32. The van der Waals surface area contributed by atoms with Crippen LogP contribution in [0.4, 0.5) is 5.69 Å². The molecule has 0 saturated carbocycles. The SMILES string of the molecule is Cc1ccc(Oc2cc(C(=O)O)ccc2[N+](=O)[O-])c(Cl)c1. The van der Waals surface area contributed by atoms with Gasteiger partial charge in [-0.3, -0.25) is 10.1 Å². The van der Waals surface area contributed by atoms with Crippen LogP contribution in [0.3, 0.4) is 0 Å². The fourth-order valence-corrected chi connectivity index (χ4v) is 1.96. The van der Waals surface area contributed by atoms with E-state index in [-0.39, 0.29) is 27.8 Å². The average molecular weight is 308 g/mol. The van der Waals surface area contributed by atoms with Gasteiger partial charge in [0.15, 0.2) is 0 Å². The van der Waals surface area contributed by atoms with Crippen LogP contribution in [0.25, 0.3) is 0 Å². The number of aryl methyl sites for hydroxylation is 1. The van der Waals surface area contributed by atoms with Gasteiger partial charge < -0.3 is 9.84 Å². The highest BCUT2D eigenvalue weighted by Gasteiger charge is 2.19. The quantitative estimate of drug-likeness (QED) is 0.680. The van der Waals surface area contributed by atoms with Crippen molar-refractivity contribution in [1.82, 2.24) is 0 Å². The molecule has 0 radical (unpaired) electrons. The molecule has 7 heteroatoms. The lowest BCUT2D eigenvalue weighted by atomic mass is 10.2. The van der Waals surface area contributed by atoms with Crippen molar-refractivity contribution in [2.45, 2.75) is 6.92 Å². The molecule has 2 aromatic carbocycles. The van der Waals surface area contributed by atoms with Gasteiger partial charge in [0.1, 0.15) is 5.75 Å². The lowest BCUT2D eigenvalue weighted by Gasteiger charge is -2.09. The zero-order valence-corrected chi connectivity index (χ0v) is 11.6. The van der Waals surface area contributed by atoms with Crippen molar-refractivity contribution in [3.63, 3.8) is 0 Å². The van der Waals surface area contributed by atoms with Crippen LogP contribution in [0, 0.1) is 17.0 Å². The summed E-state index contributed by atoms with van der Waals surface area (Å²) in [4.78, 5) is 21.3. The molecule has 0 spiro atoms. The van der Waals surface area contributed by atoms with Gasteiger partial charge in [0.05, 0.1) is 15.5 Å². The van der Waals surface area contributed by atoms with Crippen molar-refractivity contribution in [3.05, 3.63) is 62.7 Å². The zero-order valence-electron chi connectivity index (χ0n) is 10.9. The molecule has 0 atom stereocenters. The average Bonchev–Trinajstić information content (AvgIpc) is 2.41. The summed E-state index contributed by atoms with van der Waals surface area (Å²) >= 11 is 6.00. The first kappa shape index (κ1) is 14.8. The van der Waals surface area contributed by atoms with E-state index in [1.807, 2.05) is 6.92 Å². The van der Waals surface area contributed by atoms with Crippen molar-refractivity contribution in [2.24, 2.45) is 0 Å². The van der Waals surface area contributed by atoms with Gasteiger partial charge in [0.25, 0.3) is 0 Å². The Balaban J connectivity index is 2.48. The Morgan fingerprint density at radius 1 is 1.24 bits per heavy atom. The van der Waals surface area contributed by atoms with Gasteiger partial charge in [-0.05, 0) is 30.7 Å². The molecule has 108 valence electrons. The normalized spacial score (nSPS) is 10.2. The molecule has 2 rings (SSSR count). The van der Waals surface area contributed by atoms with Crippen molar-refractivity contribution >= 4 is 23.3 Å². The molecule has 1 N–H and O–H groups in total. The fourth-order valence-electron chi connectivity index (χ4n) is 1.69. The Bertz CT molecular complexity index is 729. The van der Waals surface area contributed by atoms with Crippen LogP contribution in [0.15, 0.2) is 36.4 Å². The Morgan fingerprint density at radius 2 is 1.95 bits per heavy atom. The third-order valence-corrected chi connectivity index (χ3v) is 3.01. The molecule has 0 aliphatic rings. The van der Waals surface area contributed by atoms with Crippen LogP contribution in [0.5, 0.6) is 11.5 Å². The van der Waals surface area contributed by atoms with Crippen LogP contribution in [-0.2, 0) is 0 Å². The van der Waals surface area contributed by atoms with E-state index in [0.29, 0.717) is 0 Å². The van der Waals surface area contributed by atoms with Gasteiger partial charge >= 0.3 is 11.7 Å². The highest BCUT2D eigenvalue weighted by atomic mass is 35.5. The molecular formula is C14H10ClNO5. The number of carboxylic acid groups (broad SMARTS) is 1. The van der Waals surface area contributed by atoms with Crippen LogP contribution >= 0.6 is 11.6 Å².